The molecular formula is C9H15N3O2. The zero-order valence-corrected chi connectivity index (χ0v) is 8.25. The van der Waals surface area contributed by atoms with Crippen LogP contribution in [0.15, 0.2) is 4.99 Å². The highest BCUT2D eigenvalue weighted by Crippen LogP contribution is 2.12. The van der Waals surface area contributed by atoms with Crippen LogP contribution in [-0.4, -0.2) is 24.2 Å². The largest absolute Gasteiger partial charge is 0.330 e. The maximum Gasteiger partial charge on any atom is 0.259 e. The van der Waals surface area contributed by atoms with Crippen molar-refractivity contribution < 1.29 is 9.59 Å². The lowest BCUT2D eigenvalue weighted by Gasteiger charge is -2.19. The Hall–Kier alpha value is -1.23. The Bertz CT molecular complexity index is 273. The number of carbonyl (C=O) groups excluding carboxylic acids is 2. The van der Waals surface area contributed by atoms with Gasteiger partial charge in [-0.2, -0.15) is 4.99 Å². The van der Waals surface area contributed by atoms with E-state index in [0.29, 0.717) is 25.2 Å². The molecule has 0 aliphatic carbocycles. The van der Waals surface area contributed by atoms with E-state index in [4.69, 9.17) is 5.73 Å². The van der Waals surface area contributed by atoms with E-state index in [9.17, 15) is 9.59 Å². The van der Waals surface area contributed by atoms with E-state index in [0.717, 1.165) is 6.42 Å². The minimum Gasteiger partial charge on any atom is -0.330 e. The highest BCUT2D eigenvalue weighted by atomic mass is 16.2. The number of rotatable bonds is 4. The number of hydrogen-bond donors (Lipinski definition) is 2. The summed E-state index contributed by atoms with van der Waals surface area (Å²) < 4.78 is 0. The van der Waals surface area contributed by atoms with Crippen LogP contribution in [0.25, 0.3) is 0 Å². The molecular weight excluding hydrogens is 182 g/mol. The first kappa shape index (κ1) is 10.8. The van der Waals surface area contributed by atoms with Crippen LogP contribution in [0.3, 0.4) is 0 Å². The van der Waals surface area contributed by atoms with Gasteiger partial charge in [0, 0.05) is 6.42 Å². The zero-order chi connectivity index (χ0) is 10.6. The lowest BCUT2D eigenvalue weighted by atomic mass is 10.0. The van der Waals surface area contributed by atoms with Crippen LogP contribution < -0.4 is 11.1 Å². The quantitative estimate of drug-likeness (QED) is 0.612. The van der Waals surface area contributed by atoms with Gasteiger partial charge in [0.15, 0.2) is 0 Å². The Labute approximate surface area is 82.8 Å². The molecule has 1 aliphatic heterocycles. The van der Waals surface area contributed by atoms with Crippen LogP contribution in [0.5, 0.6) is 0 Å². The summed E-state index contributed by atoms with van der Waals surface area (Å²) in [6, 6.07) is 0. The smallest absolute Gasteiger partial charge is 0.259 e. The van der Waals surface area contributed by atoms with Gasteiger partial charge in [0.25, 0.3) is 5.91 Å². The van der Waals surface area contributed by atoms with E-state index in [1.165, 1.54) is 0 Å². The van der Waals surface area contributed by atoms with Crippen molar-refractivity contribution in [1.29, 1.82) is 0 Å². The summed E-state index contributed by atoms with van der Waals surface area (Å²) in [5.74, 6) is -0.772. The van der Waals surface area contributed by atoms with Crippen LogP contribution in [0.1, 0.15) is 26.2 Å². The SMILES string of the molecule is CCCC1C(=O)N=C(CCN)NC1=O. The second-order valence-corrected chi connectivity index (χ2v) is 3.27. The molecule has 0 bridgehead atoms. The van der Waals surface area contributed by atoms with Gasteiger partial charge in [-0.3, -0.25) is 9.59 Å². The van der Waals surface area contributed by atoms with Gasteiger partial charge in [-0.05, 0) is 13.0 Å². The maximum absolute atomic E-state index is 11.4. The Morgan fingerprint density at radius 2 is 2.21 bits per heavy atom. The predicted octanol–water partition coefficient (Wildman–Crippen LogP) is -0.194. The minimum atomic E-state index is -0.596. The van der Waals surface area contributed by atoms with Gasteiger partial charge in [0.1, 0.15) is 11.8 Å². The molecule has 5 heteroatoms. The molecule has 78 valence electrons. The second kappa shape index (κ2) is 4.85. The molecule has 3 N–H and O–H groups in total. The fourth-order valence-electron chi connectivity index (χ4n) is 1.38. The summed E-state index contributed by atoms with van der Waals surface area (Å²) in [5.41, 5.74) is 5.30. The van der Waals surface area contributed by atoms with Crippen LogP contribution in [0.2, 0.25) is 0 Å². The molecule has 0 aromatic rings. The maximum atomic E-state index is 11.4. The molecule has 1 unspecified atom stereocenters. The molecule has 2 amide bonds. The van der Waals surface area contributed by atoms with Gasteiger partial charge in [-0.15, -0.1) is 0 Å². The van der Waals surface area contributed by atoms with Crippen LogP contribution >= 0.6 is 0 Å². The molecule has 0 fully saturated rings. The summed E-state index contributed by atoms with van der Waals surface area (Å²) in [5, 5.41) is 2.59. The average molecular weight is 197 g/mol. The van der Waals surface area contributed by atoms with E-state index < -0.39 is 5.92 Å². The number of amides is 2. The topological polar surface area (TPSA) is 84.6 Å². The van der Waals surface area contributed by atoms with Gasteiger partial charge in [-0.25, -0.2) is 0 Å². The number of aliphatic imine (C=N–C) groups is 1. The lowest BCUT2D eigenvalue weighted by molar-refractivity contribution is -0.133. The van der Waals surface area contributed by atoms with Crippen molar-refractivity contribution in [2.24, 2.45) is 16.6 Å². The van der Waals surface area contributed by atoms with Gasteiger partial charge in [-0.1, -0.05) is 13.3 Å². The molecule has 0 radical (unpaired) electrons. The van der Waals surface area contributed by atoms with Crippen molar-refractivity contribution in [3.05, 3.63) is 0 Å². The molecule has 1 atom stereocenters. The highest BCUT2D eigenvalue weighted by Gasteiger charge is 2.30. The summed E-state index contributed by atoms with van der Waals surface area (Å²) in [6.45, 7) is 2.31. The fraction of sp³-hybridized carbons (Fsp3) is 0.667. The first-order valence-corrected chi connectivity index (χ1v) is 4.81. The van der Waals surface area contributed by atoms with E-state index >= 15 is 0 Å². The van der Waals surface area contributed by atoms with Crippen molar-refractivity contribution in [1.82, 2.24) is 5.32 Å². The van der Waals surface area contributed by atoms with Gasteiger partial charge in [0.05, 0.1) is 0 Å². The summed E-state index contributed by atoms with van der Waals surface area (Å²) in [4.78, 5) is 26.6. The van der Waals surface area contributed by atoms with Crippen molar-refractivity contribution >= 4 is 17.6 Å². The molecule has 1 heterocycles. The Morgan fingerprint density at radius 3 is 2.71 bits per heavy atom. The third-order valence-corrected chi connectivity index (χ3v) is 2.09. The van der Waals surface area contributed by atoms with Gasteiger partial charge in [0.2, 0.25) is 5.91 Å². The molecule has 0 saturated heterocycles. The Kier molecular flexibility index (Phi) is 3.76. The second-order valence-electron chi connectivity index (χ2n) is 3.27. The summed E-state index contributed by atoms with van der Waals surface area (Å²) in [6.07, 6.45) is 1.80. The van der Waals surface area contributed by atoms with Crippen LogP contribution in [-0.2, 0) is 9.59 Å². The number of hydrogen-bond acceptors (Lipinski definition) is 3. The third kappa shape index (κ3) is 2.38. The number of nitrogens with zero attached hydrogens (tertiary/aromatic N) is 1. The van der Waals surface area contributed by atoms with Gasteiger partial charge >= 0.3 is 0 Å². The average Bonchev–Trinajstić information content (AvgIpc) is 2.12. The number of nitrogens with two attached hydrogens (primary N) is 1. The van der Waals surface area contributed by atoms with E-state index in [2.05, 4.69) is 10.3 Å². The fourth-order valence-corrected chi connectivity index (χ4v) is 1.38. The van der Waals surface area contributed by atoms with Crippen LogP contribution in [0.4, 0.5) is 0 Å². The van der Waals surface area contributed by atoms with Crippen LogP contribution in [0, 0.1) is 5.92 Å². The lowest BCUT2D eigenvalue weighted by Crippen LogP contribution is -2.44. The minimum absolute atomic E-state index is 0.240. The normalized spacial score (nSPS) is 21.9. The third-order valence-electron chi connectivity index (χ3n) is 2.09. The van der Waals surface area contributed by atoms with Gasteiger partial charge < -0.3 is 11.1 Å². The number of amidine groups is 1. The first-order chi connectivity index (χ1) is 6.69. The Morgan fingerprint density at radius 1 is 1.50 bits per heavy atom. The summed E-state index contributed by atoms with van der Waals surface area (Å²) in [7, 11) is 0. The highest BCUT2D eigenvalue weighted by molar-refractivity contribution is 6.15. The van der Waals surface area contributed by atoms with E-state index in [-0.39, 0.29) is 11.8 Å². The zero-order valence-electron chi connectivity index (χ0n) is 8.25. The predicted molar refractivity (Wildman–Crippen MR) is 52.7 cm³/mol. The molecule has 0 aromatic heterocycles. The summed E-state index contributed by atoms with van der Waals surface area (Å²) >= 11 is 0. The molecule has 0 spiro atoms. The van der Waals surface area contributed by atoms with Crippen molar-refractivity contribution in [3.63, 3.8) is 0 Å². The molecule has 1 rings (SSSR count). The molecule has 0 aromatic carbocycles. The monoisotopic (exact) mass is 197 g/mol. The van der Waals surface area contributed by atoms with Crippen molar-refractivity contribution in [2.45, 2.75) is 26.2 Å². The molecule has 0 saturated carbocycles. The Balaban J connectivity index is 2.70. The molecule has 1 aliphatic rings. The molecule has 14 heavy (non-hydrogen) atoms. The molecule has 5 nitrogen and oxygen atoms in total. The van der Waals surface area contributed by atoms with Crippen molar-refractivity contribution in [3.8, 4) is 0 Å². The number of nitrogens with one attached hydrogen (secondary N) is 1. The van der Waals surface area contributed by atoms with Crippen molar-refractivity contribution in [2.75, 3.05) is 6.54 Å². The number of carbonyl (C=O) groups is 2. The van der Waals surface area contributed by atoms with E-state index in [1.54, 1.807) is 0 Å². The standard InChI is InChI=1S/C9H15N3O2/c1-2-3-6-8(13)11-7(4-5-10)12-9(6)14/h6H,2-5,10H2,1H3,(H,11,12,13,14). The van der Waals surface area contributed by atoms with E-state index in [1.807, 2.05) is 6.92 Å². The first-order valence-electron chi connectivity index (χ1n) is 4.81.